The highest BCUT2D eigenvalue weighted by Gasteiger charge is 2.33. The van der Waals surface area contributed by atoms with Gasteiger partial charge in [0.05, 0.1) is 6.10 Å². The number of piperidine rings is 1. The van der Waals surface area contributed by atoms with Gasteiger partial charge < -0.3 is 19.7 Å². The van der Waals surface area contributed by atoms with Gasteiger partial charge in [-0.3, -0.25) is 0 Å². The smallest absolute Gasteiger partial charge is 0.410 e. The Kier molecular flexibility index (Phi) is 7.75. The Bertz CT molecular complexity index is 516. The van der Waals surface area contributed by atoms with Gasteiger partial charge in [0.15, 0.2) is 0 Å². The van der Waals surface area contributed by atoms with Crippen molar-refractivity contribution in [2.45, 2.75) is 78.9 Å². The summed E-state index contributed by atoms with van der Waals surface area (Å²) in [4.78, 5) is 14.1. The van der Waals surface area contributed by atoms with E-state index in [9.17, 15) is 4.79 Å². The fourth-order valence-corrected chi connectivity index (χ4v) is 3.89. The highest BCUT2D eigenvalue weighted by molar-refractivity contribution is 5.68. The largest absolute Gasteiger partial charge is 0.444 e. The number of amides is 1. The normalized spacial score (nSPS) is 25.9. The maximum atomic E-state index is 12.2. The molecule has 1 N–H and O–H groups in total. The third kappa shape index (κ3) is 7.11. The van der Waals surface area contributed by atoms with Crippen molar-refractivity contribution in [1.82, 2.24) is 10.2 Å². The first-order chi connectivity index (χ1) is 12.6. The lowest BCUT2D eigenvalue weighted by atomic mass is 9.80. The number of nitrogens with zero attached hydrogens (tertiary/aromatic N) is 1. The quantitative estimate of drug-likeness (QED) is 0.695. The summed E-state index contributed by atoms with van der Waals surface area (Å²) >= 11 is 0. The Morgan fingerprint density at radius 1 is 1.33 bits per heavy atom. The minimum absolute atomic E-state index is 0.180. The molecule has 0 bridgehead atoms. The number of ether oxygens (including phenoxy) is 2. The van der Waals surface area contributed by atoms with Crippen LogP contribution in [0.4, 0.5) is 4.79 Å². The van der Waals surface area contributed by atoms with Crippen molar-refractivity contribution >= 4 is 6.09 Å². The van der Waals surface area contributed by atoms with E-state index in [1.807, 2.05) is 25.7 Å². The Morgan fingerprint density at radius 3 is 2.59 bits per heavy atom. The molecule has 5 nitrogen and oxygen atoms in total. The van der Waals surface area contributed by atoms with Crippen molar-refractivity contribution in [2.24, 2.45) is 11.3 Å². The molecule has 156 valence electrons. The van der Waals surface area contributed by atoms with Crippen LogP contribution in [0.5, 0.6) is 0 Å². The molecule has 5 heteroatoms. The maximum Gasteiger partial charge on any atom is 0.410 e. The molecule has 0 aromatic rings. The number of carbonyl (C=O) groups is 1. The Hall–Kier alpha value is -1.07. The number of hydrogen-bond acceptors (Lipinski definition) is 4. The summed E-state index contributed by atoms with van der Waals surface area (Å²) in [6.45, 7) is 16.7. The second-order valence-electron chi connectivity index (χ2n) is 9.65. The SMILES string of the molecule is CCO[C@H]1CC(CNCC2(C)CCN(C(=O)OC(C)(C)C)CC2)=CC[C@H]1C. The van der Waals surface area contributed by atoms with E-state index in [-0.39, 0.29) is 11.5 Å². The number of rotatable bonds is 6. The molecule has 1 saturated heterocycles. The Balaban J connectivity index is 1.73. The molecular formula is C22H40N2O3. The maximum absolute atomic E-state index is 12.2. The van der Waals surface area contributed by atoms with Gasteiger partial charge in [0.25, 0.3) is 0 Å². The lowest BCUT2D eigenvalue weighted by molar-refractivity contribution is 0.0119. The first-order valence-corrected chi connectivity index (χ1v) is 10.6. The first kappa shape index (κ1) is 22.2. The van der Waals surface area contributed by atoms with Crippen molar-refractivity contribution in [3.8, 4) is 0 Å². The van der Waals surface area contributed by atoms with Crippen LogP contribution in [0.2, 0.25) is 0 Å². The number of likely N-dealkylation sites (tertiary alicyclic amines) is 1. The molecule has 2 aliphatic rings. The zero-order valence-electron chi connectivity index (χ0n) is 18.3. The van der Waals surface area contributed by atoms with Crippen LogP contribution in [-0.4, -0.2) is 55.5 Å². The topological polar surface area (TPSA) is 50.8 Å². The van der Waals surface area contributed by atoms with Crippen LogP contribution in [-0.2, 0) is 9.47 Å². The van der Waals surface area contributed by atoms with Crippen molar-refractivity contribution in [1.29, 1.82) is 0 Å². The van der Waals surface area contributed by atoms with Gasteiger partial charge >= 0.3 is 6.09 Å². The third-order valence-corrected chi connectivity index (χ3v) is 5.78. The Morgan fingerprint density at radius 2 is 2.00 bits per heavy atom. The molecular weight excluding hydrogens is 340 g/mol. The van der Waals surface area contributed by atoms with E-state index in [4.69, 9.17) is 9.47 Å². The van der Waals surface area contributed by atoms with Gasteiger partial charge in [0.2, 0.25) is 0 Å². The zero-order chi connectivity index (χ0) is 20.1. The summed E-state index contributed by atoms with van der Waals surface area (Å²) in [5, 5.41) is 3.67. The number of carbonyl (C=O) groups excluding carboxylic acids is 1. The van der Waals surface area contributed by atoms with Crippen molar-refractivity contribution < 1.29 is 14.3 Å². The first-order valence-electron chi connectivity index (χ1n) is 10.6. The standard InChI is InChI=1S/C22H40N2O3/c1-7-26-19-14-18(9-8-17(19)2)15-23-16-22(6)10-12-24(13-11-22)20(25)27-21(3,4)5/h9,17,19,23H,7-8,10-16H2,1-6H3/t17-,19+/m1/s1. The highest BCUT2D eigenvalue weighted by atomic mass is 16.6. The van der Waals surface area contributed by atoms with Crippen LogP contribution >= 0.6 is 0 Å². The van der Waals surface area contributed by atoms with E-state index in [1.54, 1.807) is 0 Å². The predicted octanol–water partition coefficient (Wildman–Crippen LogP) is 4.37. The molecule has 0 radical (unpaired) electrons. The monoisotopic (exact) mass is 380 g/mol. The molecule has 2 rings (SSSR count). The third-order valence-electron chi connectivity index (χ3n) is 5.78. The van der Waals surface area contributed by atoms with Crippen LogP contribution in [0, 0.1) is 11.3 Å². The van der Waals surface area contributed by atoms with Gasteiger partial charge in [-0.2, -0.15) is 0 Å². The minimum Gasteiger partial charge on any atom is -0.444 e. The van der Waals surface area contributed by atoms with Crippen LogP contribution in [0.25, 0.3) is 0 Å². The van der Waals surface area contributed by atoms with Gasteiger partial charge in [-0.05, 0) is 64.7 Å². The highest BCUT2D eigenvalue weighted by Crippen LogP contribution is 2.31. The summed E-state index contributed by atoms with van der Waals surface area (Å²) in [7, 11) is 0. The molecule has 0 spiro atoms. The number of allylic oxidation sites excluding steroid dienone is 1. The van der Waals surface area contributed by atoms with Gasteiger partial charge in [-0.1, -0.05) is 25.5 Å². The number of hydrogen-bond donors (Lipinski definition) is 1. The van der Waals surface area contributed by atoms with Crippen LogP contribution in [0.1, 0.15) is 67.2 Å². The van der Waals surface area contributed by atoms with Crippen molar-refractivity contribution in [2.75, 3.05) is 32.8 Å². The van der Waals surface area contributed by atoms with Crippen LogP contribution in [0.15, 0.2) is 11.6 Å². The summed E-state index contributed by atoms with van der Waals surface area (Å²) in [5.41, 5.74) is 1.28. The number of nitrogens with one attached hydrogen (secondary N) is 1. The molecule has 2 atom stereocenters. The molecule has 27 heavy (non-hydrogen) atoms. The van der Waals surface area contributed by atoms with E-state index in [0.29, 0.717) is 12.0 Å². The summed E-state index contributed by atoms with van der Waals surface area (Å²) < 4.78 is 11.4. The molecule has 1 aliphatic carbocycles. The van der Waals surface area contributed by atoms with Crippen LogP contribution in [0.3, 0.4) is 0 Å². The molecule has 1 amide bonds. The fraction of sp³-hybridized carbons (Fsp3) is 0.864. The second kappa shape index (κ2) is 9.42. The zero-order valence-corrected chi connectivity index (χ0v) is 18.3. The van der Waals surface area contributed by atoms with E-state index in [1.165, 1.54) is 5.57 Å². The minimum atomic E-state index is -0.427. The second-order valence-corrected chi connectivity index (χ2v) is 9.65. The summed E-state index contributed by atoms with van der Waals surface area (Å²) in [5.74, 6) is 0.614. The molecule has 1 aliphatic heterocycles. The molecule has 0 aromatic heterocycles. The lowest BCUT2D eigenvalue weighted by Gasteiger charge is -2.40. The molecule has 1 heterocycles. The lowest BCUT2D eigenvalue weighted by Crippen LogP contribution is -2.47. The van der Waals surface area contributed by atoms with Crippen molar-refractivity contribution in [3.63, 3.8) is 0 Å². The average molecular weight is 381 g/mol. The molecule has 0 saturated carbocycles. The van der Waals surface area contributed by atoms with Gasteiger partial charge in [0, 0.05) is 32.8 Å². The van der Waals surface area contributed by atoms with E-state index < -0.39 is 5.60 Å². The van der Waals surface area contributed by atoms with E-state index in [0.717, 1.165) is 58.5 Å². The summed E-state index contributed by atoms with van der Waals surface area (Å²) in [6.07, 6.45) is 6.76. The van der Waals surface area contributed by atoms with Gasteiger partial charge in [-0.25, -0.2) is 4.79 Å². The fourth-order valence-electron chi connectivity index (χ4n) is 3.89. The molecule has 0 aromatic carbocycles. The molecule has 0 unspecified atom stereocenters. The molecule has 1 fully saturated rings. The van der Waals surface area contributed by atoms with Gasteiger partial charge in [-0.15, -0.1) is 0 Å². The Labute approximate surface area is 165 Å². The summed E-state index contributed by atoms with van der Waals surface area (Å²) in [6, 6.07) is 0. The van der Waals surface area contributed by atoms with Crippen molar-refractivity contribution in [3.05, 3.63) is 11.6 Å². The predicted molar refractivity (Wildman–Crippen MR) is 110 cm³/mol. The average Bonchev–Trinajstić information content (AvgIpc) is 2.57. The van der Waals surface area contributed by atoms with Gasteiger partial charge in [0.1, 0.15) is 5.60 Å². The van der Waals surface area contributed by atoms with Crippen LogP contribution < -0.4 is 5.32 Å². The van der Waals surface area contributed by atoms with E-state index in [2.05, 4.69) is 32.2 Å². The van der Waals surface area contributed by atoms with E-state index >= 15 is 0 Å².